The largest absolute Gasteiger partial charge is 0.350 e. The van der Waals surface area contributed by atoms with Crippen molar-refractivity contribution >= 4 is 17.5 Å². The molecule has 0 aliphatic carbocycles. The van der Waals surface area contributed by atoms with Crippen LogP contribution >= 0.6 is 11.6 Å². The van der Waals surface area contributed by atoms with Gasteiger partial charge in [-0.25, -0.2) is 8.78 Å². The molecular weight excluding hydrogens is 284 g/mol. The maximum atomic E-state index is 13.4. The summed E-state index contributed by atoms with van der Waals surface area (Å²) in [7, 11) is 0. The molecule has 0 saturated heterocycles. The smallest absolute Gasteiger partial charge is 0.257 e. The number of halogens is 3. The van der Waals surface area contributed by atoms with Crippen molar-refractivity contribution in [3.8, 4) is 0 Å². The van der Waals surface area contributed by atoms with Gasteiger partial charge in [-0.3, -0.25) is 4.79 Å². The van der Waals surface area contributed by atoms with Gasteiger partial charge in [0, 0.05) is 6.54 Å². The third kappa shape index (κ3) is 3.33. The predicted molar refractivity (Wildman–Crippen MR) is 73.7 cm³/mol. The average Bonchev–Trinajstić information content (AvgIpc) is 2.45. The molecule has 1 N–H and O–H groups in total. The molecule has 0 fully saturated rings. The van der Waals surface area contributed by atoms with Crippen LogP contribution in [0.1, 0.15) is 21.3 Å². The van der Waals surface area contributed by atoms with E-state index in [-0.39, 0.29) is 6.54 Å². The van der Waals surface area contributed by atoms with E-state index in [1.165, 1.54) is 6.07 Å². The summed E-state index contributed by atoms with van der Waals surface area (Å²) in [5, 5.41) is 1.97. The topological polar surface area (TPSA) is 29.1 Å². The number of hydrogen-bond donors (Lipinski definition) is 1. The maximum Gasteiger partial charge on any atom is 0.257 e. The lowest BCUT2D eigenvalue weighted by atomic mass is 10.1. The fourth-order valence-electron chi connectivity index (χ4n) is 1.77. The highest BCUT2D eigenvalue weighted by molar-refractivity contribution is 6.21. The van der Waals surface area contributed by atoms with Gasteiger partial charge >= 0.3 is 0 Å². The Morgan fingerprint density at radius 2 is 1.65 bits per heavy atom. The third-order valence-corrected chi connectivity index (χ3v) is 3.20. The minimum atomic E-state index is -0.895. The molecule has 2 nitrogen and oxygen atoms in total. The summed E-state index contributed by atoms with van der Waals surface area (Å²) in [6.07, 6.45) is 0. The number of carbonyl (C=O) groups is 1. The number of carbonyl (C=O) groups excluding carboxylic acids is 1. The number of hydrogen-bond acceptors (Lipinski definition) is 1. The first-order chi connectivity index (χ1) is 9.59. The Labute approximate surface area is 120 Å². The molecule has 1 atom stereocenters. The molecule has 104 valence electrons. The van der Waals surface area contributed by atoms with Crippen LogP contribution < -0.4 is 5.32 Å². The maximum absolute atomic E-state index is 13.4. The Hall–Kier alpha value is -1.94. The first kappa shape index (κ1) is 14.5. The fourth-order valence-corrected chi connectivity index (χ4v) is 1.99. The summed E-state index contributed by atoms with van der Waals surface area (Å²) in [4.78, 5) is 11.8. The van der Waals surface area contributed by atoms with E-state index in [1.807, 2.05) is 30.3 Å². The second-order valence-electron chi connectivity index (χ2n) is 4.18. The standard InChI is InChI=1S/C15H12ClF2NO/c16-11(10-5-2-1-3-6-10)9-19-15(20)14-12(17)7-4-8-13(14)18/h1-8,11H,9H2,(H,19,20). The molecule has 0 radical (unpaired) electrons. The number of benzene rings is 2. The second kappa shape index (κ2) is 6.48. The molecule has 0 bridgehead atoms. The van der Waals surface area contributed by atoms with E-state index in [0.717, 1.165) is 17.7 Å². The van der Waals surface area contributed by atoms with Crippen molar-refractivity contribution < 1.29 is 13.6 Å². The second-order valence-corrected chi connectivity index (χ2v) is 4.71. The first-order valence-corrected chi connectivity index (χ1v) is 6.44. The molecule has 1 unspecified atom stereocenters. The van der Waals surface area contributed by atoms with E-state index in [4.69, 9.17) is 11.6 Å². The summed E-state index contributed by atoms with van der Waals surface area (Å²) < 4.78 is 26.8. The summed E-state index contributed by atoms with van der Waals surface area (Å²) in [6.45, 7) is 0.0815. The Morgan fingerprint density at radius 3 is 2.25 bits per heavy atom. The number of rotatable bonds is 4. The van der Waals surface area contributed by atoms with Crippen molar-refractivity contribution in [2.45, 2.75) is 5.38 Å². The normalized spacial score (nSPS) is 11.9. The van der Waals surface area contributed by atoms with Gasteiger partial charge in [0.2, 0.25) is 0 Å². The van der Waals surface area contributed by atoms with E-state index < -0.39 is 28.5 Å². The van der Waals surface area contributed by atoms with Crippen LogP contribution in [0.25, 0.3) is 0 Å². The zero-order valence-electron chi connectivity index (χ0n) is 10.4. The number of alkyl halides is 1. The first-order valence-electron chi connectivity index (χ1n) is 6.01. The van der Waals surface area contributed by atoms with Gasteiger partial charge in [-0.05, 0) is 17.7 Å². The van der Waals surface area contributed by atoms with Crippen molar-refractivity contribution in [1.29, 1.82) is 0 Å². The van der Waals surface area contributed by atoms with Gasteiger partial charge in [0.1, 0.15) is 17.2 Å². The highest BCUT2D eigenvalue weighted by atomic mass is 35.5. The van der Waals surface area contributed by atoms with Crippen LogP contribution in [-0.2, 0) is 0 Å². The SMILES string of the molecule is O=C(NCC(Cl)c1ccccc1)c1c(F)cccc1F. The van der Waals surface area contributed by atoms with E-state index in [9.17, 15) is 13.6 Å². The van der Waals surface area contributed by atoms with Crippen LogP contribution in [0.3, 0.4) is 0 Å². The molecule has 0 saturated carbocycles. The lowest BCUT2D eigenvalue weighted by molar-refractivity contribution is 0.0945. The van der Waals surface area contributed by atoms with Gasteiger partial charge in [0.15, 0.2) is 0 Å². The molecule has 0 aliphatic heterocycles. The number of nitrogens with one attached hydrogen (secondary N) is 1. The molecule has 0 heterocycles. The molecule has 1 amide bonds. The zero-order valence-corrected chi connectivity index (χ0v) is 11.2. The van der Waals surface area contributed by atoms with Crippen LogP contribution in [0.15, 0.2) is 48.5 Å². The van der Waals surface area contributed by atoms with Crippen LogP contribution in [-0.4, -0.2) is 12.5 Å². The van der Waals surface area contributed by atoms with Gasteiger partial charge in [-0.15, -0.1) is 11.6 Å². The number of amides is 1. The summed E-state index contributed by atoms with van der Waals surface area (Å²) in [5.74, 6) is -2.61. The molecule has 20 heavy (non-hydrogen) atoms. The Morgan fingerprint density at radius 1 is 1.05 bits per heavy atom. The fraction of sp³-hybridized carbons (Fsp3) is 0.133. The average molecular weight is 296 g/mol. The summed E-state index contributed by atoms with van der Waals surface area (Å²) in [5.41, 5.74) is 0.230. The molecule has 0 spiro atoms. The van der Waals surface area contributed by atoms with E-state index in [1.54, 1.807) is 0 Å². The zero-order chi connectivity index (χ0) is 14.5. The molecule has 2 aromatic rings. The Bertz CT molecular complexity index is 584. The van der Waals surface area contributed by atoms with Crippen molar-refractivity contribution in [2.24, 2.45) is 0 Å². The molecular formula is C15H12ClF2NO. The van der Waals surface area contributed by atoms with Crippen LogP contribution in [0, 0.1) is 11.6 Å². The van der Waals surface area contributed by atoms with Gasteiger partial charge < -0.3 is 5.32 Å². The minimum Gasteiger partial charge on any atom is -0.350 e. The van der Waals surface area contributed by atoms with E-state index in [2.05, 4.69) is 5.32 Å². The van der Waals surface area contributed by atoms with Crippen LogP contribution in [0.5, 0.6) is 0 Å². The molecule has 5 heteroatoms. The lowest BCUT2D eigenvalue weighted by Gasteiger charge is -2.12. The summed E-state index contributed by atoms with van der Waals surface area (Å²) in [6, 6.07) is 12.4. The van der Waals surface area contributed by atoms with Crippen molar-refractivity contribution in [3.05, 3.63) is 71.3 Å². The molecule has 0 aromatic heterocycles. The van der Waals surface area contributed by atoms with Gasteiger partial charge in [-0.1, -0.05) is 36.4 Å². The quantitative estimate of drug-likeness (QED) is 0.857. The monoisotopic (exact) mass is 295 g/mol. The van der Waals surface area contributed by atoms with Gasteiger partial charge in [0.05, 0.1) is 5.38 Å². The van der Waals surface area contributed by atoms with Crippen molar-refractivity contribution in [2.75, 3.05) is 6.54 Å². The van der Waals surface area contributed by atoms with E-state index >= 15 is 0 Å². The highest BCUT2D eigenvalue weighted by Gasteiger charge is 2.18. The van der Waals surface area contributed by atoms with Crippen molar-refractivity contribution in [1.82, 2.24) is 5.32 Å². The van der Waals surface area contributed by atoms with Crippen molar-refractivity contribution in [3.63, 3.8) is 0 Å². The Balaban J connectivity index is 2.03. The highest BCUT2D eigenvalue weighted by Crippen LogP contribution is 2.19. The summed E-state index contributed by atoms with van der Waals surface area (Å²) >= 11 is 6.12. The Kier molecular flexibility index (Phi) is 4.69. The van der Waals surface area contributed by atoms with Gasteiger partial charge in [0.25, 0.3) is 5.91 Å². The molecule has 0 aliphatic rings. The van der Waals surface area contributed by atoms with Gasteiger partial charge in [-0.2, -0.15) is 0 Å². The van der Waals surface area contributed by atoms with Crippen LogP contribution in [0.4, 0.5) is 8.78 Å². The molecule has 2 rings (SSSR count). The lowest BCUT2D eigenvalue weighted by Crippen LogP contribution is -2.28. The third-order valence-electron chi connectivity index (χ3n) is 2.79. The minimum absolute atomic E-state index is 0.0815. The van der Waals surface area contributed by atoms with Crippen LogP contribution in [0.2, 0.25) is 0 Å². The molecule has 2 aromatic carbocycles. The van der Waals surface area contributed by atoms with E-state index in [0.29, 0.717) is 0 Å². The predicted octanol–water partition coefficient (Wildman–Crippen LogP) is 3.67.